The van der Waals surface area contributed by atoms with Gasteiger partial charge in [0, 0.05) is 35.5 Å². The molecule has 0 fully saturated rings. The number of nitrogens with one attached hydrogen (secondary N) is 2. The van der Waals surface area contributed by atoms with Gasteiger partial charge in [0.1, 0.15) is 35.4 Å². The second-order valence-electron chi connectivity index (χ2n) is 8.86. The maximum absolute atomic E-state index is 14.3. The van der Waals surface area contributed by atoms with E-state index in [1.807, 2.05) is 24.3 Å². The number of nitrogens with two attached hydrogens (primary N) is 1. The fourth-order valence-corrected chi connectivity index (χ4v) is 4.82. The van der Waals surface area contributed by atoms with Gasteiger partial charge < -0.3 is 15.8 Å². The summed E-state index contributed by atoms with van der Waals surface area (Å²) in [6, 6.07) is 17.9. The van der Waals surface area contributed by atoms with Crippen LogP contribution in [0.15, 0.2) is 72.9 Å². The minimum Gasteiger partial charge on any atom is -0.384 e. The van der Waals surface area contributed by atoms with Crippen LogP contribution in [0.5, 0.6) is 0 Å². The molecule has 36 heavy (non-hydrogen) atoms. The van der Waals surface area contributed by atoms with E-state index in [9.17, 15) is 13.6 Å². The molecule has 0 saturated carbocycles. The SMILES string of the molecule is N=C(N)c1ccc(CNC(=O)c2cc3c(cn2)C2OC3c3ccc(-c4ccc(F)cc4F)cc32)cc1. The fourth-order valence-electron chi connectivity index (χ4n) is 4.82. The number of fused-ring (bicyclic) bond motifs is 8. The van der Waals surface area contributed by atoms with Crippen molar-refractivity contribution < 1.29 is 18.3 Å². The van der Waals surface area contributed by atoms with E-state index in [4.69, 9.17) is 15.9 Å². The normalized spacial score (nSPS) is 16.9. The van der Waals surface area contributed by atoms with Crippen molar-refractivity contribution in [2.45, 2.75) is 18.8 Å². The number of hydrogen-bond donors (Lipinski definition) is 3. The standard InChI is InChI=1S/C28H20F2N4O2/c29-17-6-8-18(23(30)10-17)16-5-7-19-20(9-16)26-22-13-33-24(11-21(22)25(19)36-26)28(35)34-12-14-1-3-15(4-2-14)27(31)32/h1-11,13,25-26H,12H2,(H3,31,32)(H,34,35). The van der Waals surface area contributed by atoms with Crippen molar-refractivity contribution in [1.82, 2.24) is 10.3 Å². The molecule has 0 saturated heterocycles. The van der Waals surface area contributed by atoms with Crippen LogP contribution in [0.4, 0.5) is 8.78 Å². The predicted molar refractivity (Wildman–Crippen MR) is 129 cm³/mol. The van der Waals surface area contributed by atoms with Gasteiger partial charge in [-0.05, 0) is 52.1 Å². The van der Waals surface area contributed by atoms with Crippen LogP contribution < -0.4 is 11.1 Å². The van der Waals surface area contributed by atoms with Crippen molar-refractivity contribution in [3.63, 3.8) is 0 Å². The highest BCUT2D eigenvalue weighted by Gasteiger charge is 2.43. The van der Waals surface area contributed by atoms with Gasteiger partial charge in [-0.25, -0.2) is 8.78 Å². The fraction of sp³-hybridized carbons (Fsp3) is 0.107. The Morgan fingerprint density at radius 3 is 2.44 bits per heavy atom. The third-order valence-corrected chi connectivity index (χ3v) is 6.65. The summed E-state index contributed by atoms with van der Waals surface area (Å²) in [6.07, 6.45) is 0.971. The Morgan fingerprint density at radius 1 is 0.944 bits per heavy atom. The number of amidine groups is 1. The van der Waals surface area contributed by atoms with Crippen molar-refractivity contribution in [2.24, 2.45) is 5.73 Å². The summed E-state index contributed by atoms with van der Waals surface area (Å²) < 4.78 is 33.8. The number of halogens is 2. The zero-order chi connectivity index (χ0) is 25.0. The van der Waals surface area contributed by atoms with Crippen LogP contribution in [0.25, 0.3) is 11.1 Å². The van der Waals surface area contributed by atoms with E-state index in [0.29, 0.717) is 23.2 Å². The number of hydrogen-bond acceptors (Lipinski definition) is 4. The summed E-state index contributed by atoms with van der Waals surface area (Å²) in [5.41, 5.74) is 11.9. The molecule has 0 aliphatic carbocycles. The number of ether oxygens (including phenoxy) is 1. The summed E-state index contributed by atoms with van der Waals surface area (Å²) >= 11 is 0. The largest absolute Gasteiger partial charge is 0.384 e. The third kappa shape index (κ3) is 3.63. The Labute approximate surface area is 205 Å². The second kappa shape index (κ2) is 8.35. The molecule has 1 aromatic heterocycles. The third-order valence-electron chi connectivity index (χ3n) is 6.65. The lowest BCUT2D eigenvalue weighted by atomic mass is 9.85. The first-order valence-corrected chi connectivity index (χ1v) is 11.3. The lowest BCUT2D eigenvalue weighted by Crippen LogP contribution is -2.24. The summed E-state index contributed by atoms with van der Waals surface area (Å²) in [7, 11) is 0. The first-order valence-electron chi connectivity index (χ1n) is 11.3. The lowest BCUT2D eigenvalue weighted by Gasteiger charge is -2.17. The number of carbonyl (C=O) groups is 1. The van der Waals surface area contributed by atoms with E-state index in [-0.39, 0.29) is 29.6 Å². The van der Waals surface area contributed by atoms with Gasteiger partial charge in [0.15, 0.2) is 0 Å². The minimum atomic E-state index is -0.620. The molecule has 4 N–H and O–H groups in total. The van der Waals surface area contributed by atoms with Crippen LogP contribution in [0, 0.1) is 17.0 Å². The maximum Gasteiger partial charge on any atom is 0.270 e. The number of nitrogens with zero attached hydrogens (tertiary/aromatic N) is 1. The average molecular weight is 482 g/mol. The summed E-state index contributed by atoms with van der Waals surface area (Å²) in [6.45, 7) is 0.309. The molecule has 2 unspecified atom stereocenters. The van der Waals surface area contributed by atoms with E-state index in [2.05, 4.69) is 10.3 Å². The quantitative estimate of drug-likeness (QED) is 0.282. The Hall–Kier alpha value is -4.43. The van der Waals surface area contributed by atoms with Crippen LogP contribution >= 0.6 is 0 Å². The molecule has 178 valence electrons. The van der Waals surface area contributed by atoms with E-state index in [0.717, 1.165) is 33.9 Å². The number of aromatic nitrogens is 1. The summed E-state index contributed by atoms with van der Waals surface area (Å²) in [5.74, 6) is -1.56. The number of pyridine rings is 1. The smallest absolute Gasteiger partial charge is 0.270 e. The van der Waals surface area contributed by atoms with Gasteiger partial charge in [0.2, 0.25) is 0 Å². The molecular formula is C28H20F2N4O2. The van der Waals surface area contributed by atoms with Gasteiger partial charge in [-0.3, -0.25) is 15.2 Å². The van der Waals surface area contributed by atoms with E-state index in [1.165, 1.54) is 12.1 Å². The van der Waals surface area contributed by atoms with Crippen LogP contribution in [0.1, 0.15) is 56.1 Å². The Bertz CT molecular complexity index is 1550. The lowest BCUT2D eigenvalue weighted by molar-refractivity contribution is 0.0857. The monoisotopic (exact) mass is 482 g/mol. The van der Waals surface area contributed by atoms with Crippen LogP contribution in [0.3, 0.4) is 0 Å². The molecule has 0 radical (unpaired) electrons. The van der Waals surface area contributed by atoms with Crippen molar-refractivity contribution in [3.8, 4) is 11.1 Å². The molecule has 2 aliphatic rings. The highest BCUT2D eigenvalue weighted by Crippen LogP contribution is 2.54. The van der Waals surface area contributed by atoms with Crippen molar-refractivity contribution in [1.29, 1.82) is 5.41 Å². The van der Waals surface area contributed by atoms with Crippen molar-refractivity contribution in [2.75, 3.05) is 0 Å². The zero-order valence-corrected chi connectivity index (χ0v) is 18.9. The van der Waals surface area contributed by atoms with Gasteiger partial charge in [-0.1, -0.05) is 36.4 Å². The predicted octanol–water partition coefficient (Wildman–Crippen LogP) is 4.76. The molecular weight excluding hydrogens is 462 g/mol. The van der Waals surface area contributed by atoms with Crippen LogP contribution in [-0.4, -0.2) is 16.7 Å². The molecule has 6 nitrogen and oxygen atoms in total. The number of rotatable bonds is 5. The van der Waals surface area contributed by atoms with Crippen molar-refractivity contribution >= 4 is 11.7 Å². The van der Waals surface area contributed by atoms with E-state index in [1.54, 1.807) is 30.5 Å². The summed E-state index contributed by atoms with van der Waals surface area (Å²) in [5, 5.41) is 10.3. The molecule has 6 rings (SSSR count). The topological polar surface area (TPSA) is 101 Å². The van der Waals surface area contributed by atoms with E-state index >= 15 is 0 Å². The first-order chi connectivity index (χ1) is 17.4. The number of amides is 1. The molecule has 8 heteroatoms. The van der Waals surface area contributed by atoms with Gasteiger partial charge in [0.25, 0.3) is 5.91 Å². The highest BCUT2D eigenvalue weighted by atomic mass is 19.1. The van der Waals surface area contributed by atoms with Gasteiger partial charge >= 0.3 is 0 Å². The van der Waals surface area contributed by atoms with Crippen LogP contribution in [0.2, 0.25) is 0 Å². The first kappa shape index (κ1) is 22.1. The average Bonchev–Trinajstić information content (AvgIpc) is 3.44. The Balaban J connectivity index is 1.21. The van der Waals surface area contributed by atoms with E-state index < -0.39 is 11.6 Å². The van der Waals surface area contributed by atoms with Crippen LogP contribution in [-0.2, 0) is 11.3 Å². The van der Waals surface area contributed by atoms with Gasteiger partial charge in [-0.15, -0.1) is 0 Å². The molecule has 0 spiro atoms. The molecule has 1 amide bonds. The molecule has 2 aliphatic heterocycles. The van der Waals surface area contributed by atoms with Gasteiger partial charge in [-0.2, -0.15) is 0 Å². The minimum absolute atomic E-state index is 0.00939. The summed E-state index contributed by atoms with van der Waals surface area (Å²) in [4.78, 5) is 17.1. The second-order valence-corrected chi connectivity index (χ2v) is 8.86. The van der Waals surface area contributed by atoms with Gasteiger partial charge in [0.05, 0.1) is 0 Å². The molecule has 3 heterocycles. The number of carbonyl (C=O) groups excluding carboxylic acids is 1. The maximum atomic E-state index is 14.3. The number of benzene rings is 3. The molecule has 2 bridgehead atoms. The van der Waals surface area contributed by atoms with Crippen molar-refractivity contribution in [3.05, 3.63) is 124 Å². The Kier molecular flexibility index (Phi) is 5.12. The number of nitrogen functional groups attached to an aromatic ring is 1. The molecule has 2 atom stereocenters. The highest BCUT2D eigenvalue weighted by molar-refractivity contribution is 5.95. The Morgan fingerprint density at radius 2 is 1.69 bits per heavy atom. The molecule has 4 aromatic rings. The molecule has 3 aromatic carbocycles. The zero-order valence-electron chi connectivity index (χ0n) is 18.9.